The third kappa shape index (κ3) is 4.39. The second-order valence-corrected chi connectivity index (χ2v) is 10.8. The van der Waals surface area contributed by atoms with Crippen LogP contribution in [0.4, 0.5) is 5.69 Å². The number of sulfone groups is 1. The van der Waals surface area contributed by atoms with Gasteiger partial charge in [0.05, 0.1) is 23.5 Å². The zero-order valence-electron chi connectivity index (χ0n) is 17.5. The van der Waals surface area contributed by atoms with E-state index < -0.39 is 15.8 Å². The number of anilines is 1. The van der Waals surface area contributed by atoms with Gasteiger partial charge in [-0.25, -0.2) is 8.42 Å². The zero-order chi connectivity index (χ0) is 21.3. The van der Waals surface area contributed by atoms with Crippen molar-refractivity contribution in [2.24, 2.45) is 5.92 Å². The van der Waals surface area contributed by atoms with Crippen LogP contribution in [-0.2, 0) is 30.6 Å². The third-order valence-electron chi connectivity index (χ3n) is 6.49. The molecule has 4 rings (SSSR count). The van der Waals surface area contributed by atoms with Crippen LogP contribution in [0.15, 0.2) is 24.3 Å². The smallest absolute Gasteiger partial charge is 0.228 e. The fraction of sp³-hybridized carbons (Fsp3) is 0.636. The molecule has 3 atom stereocenters. The van der Waals surface area contributed by atoms with Crippen molar-refractivity contribution in [3.05, 3.63) is 29.8 Å². The highest BCUT2D eigenvalue weighted by Gasteiger charge is 2.42. The van der Waals surface area contributed by atoms with E-state index in [1.807, 2.05) is 31.2 Å². The minimum Gasteiger partial charge on any atom is -0.376 e. The number of carbonyl (C=O) groups is 2. The van der Waals surface area contributed by atoms with Gasteiger partial charge >= 0.3 is 0 Å². The van der Waals surface area contributed by atoms with Crippen LogP contribution in [0.5, 0.6) is 0 Å². The van der Waals surface area contributed by atoms with Crippen molar-refractivity contribution in [2.75, 3.05) is 36.1 Å². The standard InChI is InChI=1S/C22H30N2O5S/c1-2-16-6-3-4-8-20(16)24-13-17(12-21(24)25)22(26)23(14-19-7-5-10-29-19)18-9-11-30(27,28)15-18/h3-4,6,8,17-19H,2,5,7,9-15H2,1H3/t17-,18+,19-/m1/s1. The maximum Gasteiger partial charge on any atom is 0.228 e. The number of carbonyl (C=O) groups excluding carboxylic acids is 2. The molecule has 2 amide bonds. The average Bonchev–Trinajstić information content (AvgIpc) is 3.46. The molecule has 3 saturated heterocycles. The summed E-state index contributed by atoms with van der Waals surface area (Å²) in [5, 5.41) is 0. The molecule has 0 N–H and O–H groups in total. The summed E-state index contributed by atoms with van der Waals surface area (Å²) in [5.74, 6) is -0.490. The van der Waals surface area contributed by atoms with Gasteiger partial charge in [-0.05, 0) is 37.3 Å². The Balaban J connectivity index is 1.53. The van der Waals surface area contributed by atoms with Crippen LogP contribution in [0.25, 0.3) is 0 Å². The van der Waals surface area contributed by atoms with E-state index in [0.29, 0.717) is 26.1 Å². The van der Waals surface area contributed by atoms with Crippen LogP contribution in [0.2, 0.25) is 0 Å². The molecular formula is C22H30N2O5S. The number of nitrogens with zero attached hydrogens (tertiary/aromatic N) is 2. The molecule has 3 heterocycles. The molecule has 3 aliphatic rings. The molecule has 1 aromatic rings. The predicted octanol–water partition coefficient (Wildman–Crippen LogP) is 1.80. The van der Waals surface area contributed by atoms with Gasteiger partial charge in [0.1, 0.15) is 0 Å². The van der Waals surface area contributed by atoms with E-state index in [2.05, 4.69) is 0 Å². The SMILES string of the molecule is CCc1ccccc1N1C[C@H](C(=O)N(C[C@H]2CCCO2)[C@H]2CCS(=O)(=O)C2)CC1=O. The summed E-state index contributed by atoms with van der Waals surface area (Å²) in [4.78, 5) is 29.7. The Morgan fingerprint density at radius 2 is 2.07 bits per heavy atom. The van der Waals surface area contributed by atoms with Crippen molar-refractivity contribution >= 4 is 27.3 Å². The van der Waals surface area contributed by atoms with Gasteiger partial charge in [0.25, 0.3) is 0 Å². The highest BCUT2D eigenvalue weighted by molar-refractivity contribution is 7.91. The number of para-hydroxylation sites is 1. The molecule has 0 bridgehead atoms. The topological polar surface area (TPSA) is 84.0 Å². The van der Waals surface area contributed by atoms with E-state index >= 15 is 0 Å². The highest BCUT2D eigenvalue weighted by Crippen LogP contribution is 2.31. The van der Waals surface area contributed by atoms with Gasteiger partial charge in [0.15, 0.2) is 9.84 Å². The fourth-order valence-corrected chi connectivity index (χ4v) is 6.59. The number of aryl methyl sites for hydroxylation is 1. The lowest BCUT2D eigenvalue weighted by molar-refractivity contribution is -0.139. The fourth-order valence-electron chi connectivity index (χ4n) is 4.86. The number of benzene rings is 1. The van der Waals surface area contributed by atoms with E-state index in [1.54, 1.807) is 9.80 Å². The summed E-state index contributed by atoms with van der Waals surface area (Å²) in [7, 11) is -3.12. The summed E-state index contributed by atoms with van der Waals surface area (Å²) in [6.07, 6.45) is 3.22. The van der Waals surface area contributed by atoms with Crippen LogP contribution < -0.4 is 4.90 Å². The lowest BCUT2D eigenvalue weighted by atomic mass is 10.0. The third-order valence-corrected chi connectivity index (χ3v) is 8.24. The quantitative estimate of drug-likeness (QED) is 0.682. The first kappa shape index (κ1) is 21.3. The summed E-state index contributed by atoms with van der Waals surface area (Å²) >= 11 is 0. The van der Waals surface area contributed by atoms with Crippen LogP contribution in [-0.4, -0.2) is 68.5 Å². The minimum absolute atomic E-state index is 0.00844. The van der Waals surface area contributed by atoms with Crippen molar-refractivity contribution in [2.45, 2.75) is 51.2 Å². The second-order valence-electron chi connectivity index (χ2n) is 8.57. The molecule has 0 aromatic heterocycles. The Hall–Kier alpha value is -1.93. The molecule has 0 radical (unpaired) electrons. The lowest BCUT2D eigenvalue weighted by Crippen LogP contribution is -2.48. The Labute approximate surface area is 178 Å². The molecule has 7 nitrogen and oxygen atoms in total. The van der Waals surface area contributed by atoms with Gasteiger partial charge in [-0.2, -0.15) is 0 Å². The molecule has 0 saturated carbocycles. The van der Waals surface area contributed by atoms with E-state index in [-0.39, 0.29) is 41.9 Å². The van der Waals surface area contributed by atoms with Crippen molar-refractivity contribution in [3.63, 3.8) is 0 Å². The van der Waals surface area contributed by atoms with E-state index in [0.717, 1.165) is 30.5 Å². The highest BCUT2D eigenvalue weighted by atomic mass is 32.2. The number of amides is 2. The zero-order valence-corrected chi connectivity index (χ0v) is 18.3. The van der Waals surface area contributed by atoms with E-state index in [4.69, 9.17) is 4.74 Å². The molecule has 0 spiro atoms. The number of hydrogen-bond donors (Lipinski definition) is 0. The average molecular weight is 435 g/mol. The Kier molecular flexibility index (Phi) is 6.16. The van der Waals surface area contributed by atoms with Gasteiger partial charge in [0.2, 0.25) is 11.8 Å². The van der Waals surface area contributed by atoms with Crippen molar-refractivity contribution < 1.29 is 22.7 Å². The summed E-state index contributed by atoms with van der Waals surface area (Å²) in [6.45, 7) is 3.48. The molecule has 164 valence electrons. The van der Waals surface area contributed by atoms with Gasteiger partial charge in [-0.15, -0.1) is 0 Å². The number of hydrogen-bond acceptors (Lipinski definition) is 5. The summed E-state index contributed by atoms with van der Waals surface area (Å²) < 4.78 is 29.8. The monoisotopic (exact) mass is 434 g/mol. The Morgan fingerprint density at radius 3 is 2.73 bits per heavy atom. The first-order chi connectivity index (χ1) is 14.4. The first-order valence-electron chi connectivity index (χ1n) is 10.9. The molecule has 3 aliphatic heterocycles. The lowest BCUT2D eigenvalue weighted by Gasteiger charge is -2.32. The molecule has 0 aliphatic carbocycles. The molecule has 30 heavy (non-hydrogen) atoms. The molecule has 0 unspecified atom stereocenters. The minimum atomic E-state index is -3.12. The number of rotatable bonds is 6. The van der Waals surface area contributed by atoms with Crippen molar-refractivity contribution in [1.29, 1.82) is 0 Å². The van der Waals surface area contributed by atoms with Crippen molar-refractivity contribution in [1.82, 2.24) is 4.90 Å². The molecule has 8 heteroatoms. The maximum absolute atomic E-state index is 13.5. The van der Waals surface area contributed by atoms with Gasteiger partial charge in [-0.1, -0.05) is 25.1 Å². The first-order valence-corrected chi connectivity index (χ1v) is 12.7. The Bertz CT molecular complexity index is 910. The van der Waals surface area contributed by atoms with Gasteiger partial charge < -0.3 is 14.5 Å². The maximum atomic E-state index is 13.5. The molecule has 1 aromatic carbocycles. The van der Waals surface area contributed by atoms with Crippen LogP contribution >= 0.6 is 0 Å². The largest absolute Gasteiger partial charge is 0.376 e. The van der Waals surface area contributed by atoms with Crippen LogP contribution in [0.1, 0.15) is 38.2 Å². The van der Waals surface area contributed by atoms with Gasteiger partial charge in [0, 0.05) is 37.8 Å². The second kappa shape index (κ2) is 8.67. The van der Waals surface area contributed by atoms with Crippen LogP contribution in [0, 0.1) is 5.92 Å². The predicted molar refractivity (Wildman–Crippen MR) is 114 cm³/mol. The summed E-state index contributed by atoms with van der Waals surface area (Å²) in [5.41, 5.74) is 1.95. The molecular weight excluding hydrogens is 404 g/mol. The summed E-state index contributed by atoms with van der Waals surface area (Å²) in [6, 6.07) is 7.47. The van der Waals surface area contributed by atoms with Crippen LogP contribution in [0.3, 0.4) is 0 Å². The van der Waals surface area contributed by atoms with E-state index in [1.165, 1.54) is 0 Å². The Morgan fingerprint density at radius 1 is 1.27 bits per heavy atom. The van der Waals surface area contributed by atoms with Crippen molar-refractivity contribution in [3.8, 4) is 0 Å². The number of ether oxygens (including phenoxy) is 1. The van der Waals surface area contributed by atoms with Gasteiger partial charge in [-0.3, -0.25) is 9.59 Å². The molecule has 3 fully saturated rings. The van der Waals surface area contributed by atoms with E-state index in [9.17, 15) is 18.0 Å². The normalized spacial score (nSPS) is 28.2.